The lowest BCUT2D eigenvalue weighted by molar-refractivity contribution is 0.574. The maximum absolute atomic E-state index is 12.0. The van der Waals surface area contributed by atoms with E-state index in [0.717, 1.165) is 12.0 Å². The number of hydrogen-bond donors (Lipinski definition) is 2. The van der Waals surface area contributed by atoms with E-state index in [1.165, 1.54) is 0 Å². The van der Waals surface area contributed by atoms with Crippen LogP contribution in [0.2, 0.25) is 0 Å². The Kier molecular flexibility index (Phi) is 4.23. The minimum absolute atomic E-state index is 0.285. The molecule has 0 heterocycles. The van der Waals surface area contributed by atoms with Gasteiger partial charge in [0.2, 0.25) is 10.0 Å². The average molecular weight is 298 g/mol. The van der Waals surface area contributed by atoms with Crippen molar-refractivity contribution in [2.45, 2.75) is 24.7 Å². The van der Waals surface area contributed by atoms with Gasteiger partial charge in [-0.25, -0.2) is 13.1 Å². The number of benzene rings is 1. The molecular weight excluding hydrogens is 280 g/mol. The molecule has 0 aliphatic heterocycles. The molecule has 2 rings (SSSR count). The van der Waals surface area contributed by atoms with Gasteiger partial charge in [-0.15, -0.1) is 0 Å². The predicted octanol–water partition coefficient (Wildman–Crippen LogP) is 1.45. The zero-order valence-electron chi connectivity index (χ0n) is 10.8. The van der Waals surface area contributed by atoms with Gasteiger partial charge in [0.25, 0.3) is 0 Å². The maximum atomic E-state index is 12.0. The molecule has 0 amide bonds. The van der Waals surface area contributed by atoms with Crippen LogP contribution in [0.4, 0.5) is 0 Å². The molecule has 1 aliphatic rings. The summed E-state index contributed by atoms with van der Waals surface area (Å²) in [6, 6.07) is 6.67. The Bertz CT molecular complexity index is 567. The van der Waals surface area contributed by atoms with E-state index in [0.29, 0.717) is 29.8 Å². The quantitative estimate of drug-likeness (QED) is 0.780. The summed E-state index contributed by atoms with van der Waals surface area (Å²) in [6.07, 6.45) is 1.60. The van der Waals surface area contributed by atoms with Gasteiger partial charge < -0.3 is 5.73 Å². The zero-order valence-corrected chi connectivity index (χ0v) is 12.4. The summed E-state index contributed by atoms with van der Waals surface area (Å²) in [4.78, 5) is 0.684. The Morgan fingerprint density at radius 2 is 2.00 bits per heavy atom. The molecule has 0 aromatic heterocycles. The van der Waals surface area contributed by atoms with Gasteiger partial charge >= 0.3 is 0 Å². The van der Waals surface area contributed by atoms with Crippen LogP contribution in [0.1, 0.15) is 18.9 Å². The summed E-state index contributed by atoms with van der Waals surface area (Å²) in [6.45, 7) is 2.65. The van der Waals surface area contributed by atoms with E-state index in [-0.39, 0.29) is 4.90 Å². The Morgan fingerprint density at radius 3 is 2.47 bits per heavy atom. The molecule has 1 aromatic carbocycles. The molecule has 1 saturated carbocycles. The van der Waals surface area contributed by atoms with Crippen LogP contribution in [0.5, 0.6) is 0 Å². The molecule has 1 aromatic rings. The van der Waals surface area contributed by atoms with Crippen molar-refractivity contribution < 1.29 is 8.42 Å². The molecule has 19 heavy (non-hydrogen) atoms. The summed E-state index contributed by atoms with van der Waals surface area (Å²) in [5, 5.41) is 0. The lowest BCUT2D eigenvalue weighted by Crippen LogP contribution is -2.26. The van der Waals surface area contributed by atoms with Crippen molar-refractivity contribution in [3.63, 3.8) is 0 Å². The van der Waals surface area contributed by atoms with Gasteiger partial charge in [0.05, 0.1) is 9.88 Å². The minimum Gasteiger partial charge on any atom is -0.393 e. The van der Waals surface area contributed by atoms with Gasteiger partial charge in [-0.3, -0.25) is 0 Å². The van der Waals surface area contributed by atoms with E-state index < -0.39 is 10.0 Å². The van der Waals surface area contributed by atoms with E-state index in [1.54, 1.807) is 24.3 Å². The second kappa shape index (κ2) is 5.56. The number of thiocarbonyl (C=S) groups is 1. The number of nitrogens with two attached hydrogens (primary N) is 1. The topological polar surface area (TPSA) is 72.2 Å². The van der Waals surface area contributed by atoms with Crippen molar-refractivity contribution in [1.29, 1.82) is 0 Å². The molecule has 104 valence electrons. The number of nitrogens with one attached hydrogen (secondary N) is 1. The van der Waals surface area contributed by atoms with Crippen LogP contribution in [0.15, 0.2) is 29.2 Å². The molecule has 4 nitrogen and oxygen atoms in total. The predicted molar refractivity (Wildman–Crippen MR) is 79.4 cm³/mol. The molecule has 0 saturated heterocycles. The first-order valence-corrected chi connectivity index (χ1v) is 8.14. The van der Waals surface area contributed by atoms with E-state index in [4.69, 9.17) is 18.0 Å². The highest BCUT2D eigenvalue weighted by atomic mass is 32.2. The normalized spacial score (nSPS) is 22.2. The van der Waals surface area contributed by atoms with Crippen LogP contribution in [0.25, 0.3) is 0 Å². The van der Waals surface area contributed by atoms with Crippen molar-refractivity contribution in [2.24, 2.45) is 17.6 Å². The summed E-state index contributed by atoms with van der Waals surface area (Å²) in [7, 11) is -3.40. The molecule has 2 unspecified atom stereocenters. The van der Waals surface area contributed by atoms with Crippen molar-refractivity contribution in [2.75, 3.05) is 6.54 Å². The van der Waals surface area contributed by atoms with Gasteiger partial charge in [-0.05, 0) is 36.0 Å². The van der Waals surface area contributed by atoms with E-state index >= 15 is 0 Å². The lowest BCUT2D eigenvalue weighted by atomic mass is 10.1. The highest BCUT2D eigenvalue weighted by molar-refractivity contribution is 7.89. The maximum Gasteiger partial charge on any atom is 0.240 e. The smallest absolute Gasteiger partial charge is 0.240 e. The summed E-state index contributed by atoms with van der Waals surface area (Å²) in [5.74, 6) is 1.12. The monoisotopic (exact) mass is 298 g/mol. The van der Waals surface area contributed by atoms with Crippen molar-refractivity contribution in [3.05, 3.63) is 29.8 Å². The van der Waals surface area contributed by atoms with Crippen molar-refractivity contribution in [1.82, 2.24) is 4.72 Å². The molecule has 1 fully saturated rings. The second-order valence-corrected chi connectivity index (χ2v) is 7.40. The molecule has 3 N–H and O–H groups in total. The molecule has 1 aliphatic carbocycles. The SMILES string of the molecule is CC1CC1CNS(=O)(=O)c1ccc(CC(N)=S)cc1. The third kappa shape index (κ3) is 3.99. The van der Waals surface area contributed by atoms with Gasteiger partial charge in [0, 0.05) is 13.0 Å². The van der Waals surface area contributed by atoms with Gasteiger partial charge in [-0.1, -0.05) is 31.3 Å². The van der Waals surface area contributed by atoms with Crippen molar-refractivity contribution in [3.8, 4) is 0 Å². The standard InChI is InChI=1S/C13H18N2O2S2/c1-9-6-11(9)8-15-19(16,17)12-4-2-10(3-5-12)7-13(14)18/h2-5,9,11,15H,6-8H2,1H3,(H2,14,18). The van der Waals surface area contributed by atoms with E-state index in [9.17, 15) is 8.42 Å². The Balaban J connectivity index is 2.01. The van der Waals surface area contributed by atoms with Gasteiger partial charge in [-0.2, -0.15) is 0 Å². The van der Waals surface area contributed by atoms with Crippen LogP contribution in [-0.4, -0.2) is 20.0 Å². The fraction of sp³-hybridized carbons (Fsp3) is 0.462. The number of sulfonamides is 1. The van der Waals surface area contributed by atoms with Crippen LogP contribution in [0, 0.1) is 11.8 Å². The average Bonchev–Trinajstić information content (AvgIpc) is 3.03. The third-order valence-corrected chi connectivity index (χ3v) is 5.01. The molecule has 2 atom stereocenters. The Labute approximate surface area is 119 Å². The van der Waals surface area contributed by atoms with Gasteiger partial charge in [0.15, 0.2) is 0 Å². The summed E-state index contributed by atoms with van der Waals surface area (Å²) < 4.78 is 26.7. The Hall–Kier alpha value is -0.980. The first-order valence-electron chi connectivity index (χ1n) is 6.25. The number of rotatable bonds is 6. The molecule has 0 bridgehead atoms. The third-order valence-electron chi connectivity index (χ3n) is 3.42. The van der Waals surface area contributed by atoms with Crippen LogP contribution in [-0.2, 0) is 16.4 Å². The van der Waals surface area contributed by atoms with Crippen LogP contribution < -0.4 is 10.5 Å². The molecule has 0 spiro atoms. The number of hydrogen-bond acceptors (Lipinski definition) is 3. The highest BCUT2D eigenvalue weighted by Crippen LogP contribution is 2.37. The Morgan fingerprint density at radius 1 is 1.42 bits per heavy atom. The first kappa shape index (κ1) is 14.4. The van der Waals surface area contributed by atoms with Crippen LogP contribution >= 0.6 is 12.2 Å². The highest BCUT2D eigenvalue weighted by Gasteiger charge is 2.33. The molecule has 0 radical (unpaired) electrons. The van der Waals surface area contributed by atoms with Gasteiger partial charge in [0.1, 0.15) is 0 Å². The van der Waals surface area contributed by atoms with E-state index in [2.05, 4.69) is 11.6 Å². The van der Waals surface area contributed by atoms with Crippen LogP contribution in [0.3, 0.4) is 0 Å². The van der Waals surface area contributed by atoms with Crippen molar-refractivity contribution >= 4 is 27.2 Å². The van der Waals surface area contributed by atoms with E-state index in [1.807, 2.05) is 0 Å². The lowest BCUT2D eigenvalue weighted by Gasteiger charge is -2.07. The fourth-order valence-corrected chi connectivity index (χ4v) is 3.23. The minimum atomic E-state index is -3.40. The summed E-state index contributed by atoms with van der Waals surface area (Å²) in [5.41, 5.74) is 6.37. The largest absolute Gasteiger partial charge is 0.393 e. The molecular formula is C13H18N2O2S2. The summed E-state index contributed by atoms with van der Waals surface area (Å²) >= 11 is 4.82. The zero-order chi connectivity index (χ0) is 14.0. The second-order valence-electron chi connectivity index (χ2n) is 5.11. The molecule has 6 heteroatoms. The fourth-order valence-electron chi connectivity index (χ4n) is 1.97. The first-order chi connectivity index (χ1) is 8.88.